The number of rotatable bonds is 3. The van der Waals surface area contributed by atoms with Gasteiger partial charge >= 0.3 is 0 Å². The second kappa shape index (κ2) is 5.42. The molecule has 0 aliphatic heterocycles. The lowest BCUT2D eigenvalue weighted by molar-refractivity contribution is 0.0939. The Labute approximate surface area is 112 Å². The SMILES string of the molecule is CC(NC(=O)c1cccnc1Br)c1cccs1. The molecule has 2 heterocycles. The third-order valence-corrected chi connectivity index (χ3v) is 4.01. The number of aromatic nitrogens is 1. The number of carbonyl (C=O) groups is 1. The van der Waals surface area contributed by atoms with Crippen molar-refractivity contribution in [2.24, 2.45) is 0 Å². The fourth-order valence-corrected chi connectivity index (χ4v) is 2.60. The molecule has 1 amide bonds. The van der Waals surface area contributed by atoms with Crippen molar-refractivity contribution in [1.29, 1.82) is 0 Å². The van der Waals surface area contributed by atoms with Crippen LogP contribution in [0, 0.1) is 0 Å². The van der Waals surface area contributed by atoms with E-state index in [1.807, 2.05) is 24.4 Å². The second-order valence-corrected chi connectivity index (χ2v) is 5.28. The molecule has 0 aliphatic carbocycles. The van der Waals surface area contributed by atoms with E-state index in [9.17, 15) is 4.79 Å². The first kappa shape index (κ1) is 12.3. The summed E-state index contributed by atoms with van der Waals surface area (Å²) in [6, 6.07) is 7.48. The first-order valence-corrected chi connectivity index (χ1v) is 6.80. The zero-order valence-corrected chi connectivity index (χ0v) is 11.6. The van der Waals surface area contributed by atoms with Crippen LogP contribution in [0.25, 0.3) is 0 Å². The number of halogens is 1. The van der Waals surface area contributed by atoms with Crippen LogP contribution in [0.3, 0.4) is 0 Å². The average Bonchev–Trinajstić information content (AvgIpc) is 2.82. The molecule has 0 aromatic carbocycles. The molecular formula is C12H11BrN2OS. The highest BCUT2D eigenvalue weighted by atomic mass is 79.9. The van der Waals surface area contributed by atoms with Crippen LogP contribution in [-0.2, 0) is 0 Å². The van der Waals surface area contributed by atoms with Gasteiger partial charge in [-0.05, 0) is 46.4 Å². The highest BCUT2D eigenvalue weighted by Gasteiger charge is 2.14. The van der Waals surface area contributed by atoms with E-state index in [1.54, 1.807) is 29.7 Å². The average molecular weight is 311 g/mol. The molecule has 88 valence electrons. The van der Waals surface area contributed by atoms with Crippen LogP contribution in [0.15, 0.2) is 40.4 Å². The highest BCUT2D eigenvalue weighted by molar-refractivity contribution is 9.10. The Kier molecular flexibility index (Phi) is 3.91. The summed E-state index contributed by atoms with van der Waals surface area (Å²) in [5.74, 6) is -0.120. The van der Waals surface area contributed by atoms with E-state index in [2.05, 4.69) is 26.2 Å². The molecule has 17 heavy (non-hydrogen) atoms. The Morgan fingerprint density at radius 3 is 2.94 bits per heavy atom. The van der Waals surface area contributed by atoms with E-state index < -0.39 is 0 Å². The maximum atomic E-state index is 12.0. The Balaban J connectivity index is 2.10. The maximum absolute atomic E-state index is 12.0. The van der Waals surface area contributed by atoms with Gasteiger partial charge in [-0.15, -0.1) is 11.3 Å². The summed E-state index contributed by atoms with van der Waals surface area (Å²) in [5, 5.41) is 4.94. The van der Waals surface area contributed by atoms with Gasteiger partial charge in [-0.3, -0.25) is 4.79 Å². The Morgan fingerprint density at radius 1 is 1.47 bits per heavy atom. The van der Waals surface area contributed by atoms with Crippen molar-refractivity contribution in [3.05, 3.63) is 50.9 Å². The molecule has 5 heteroatoms. The molecule has 1 unspecified atom stereocenters. The van der Waals surface area contributed by atoms with Crippen molar-refractivity contribution in [1.82, 2.24) is 10.3 Å². The summed E-state index contributed by atoms with van der Waals surface area (Å²) in [6.07, 6.45) is 1.64. The molecule has 2 rings (SSSR count). The number of thiophene rings is 1. The fourth-order valence-electron chi connectivity index (χ4n) is 1.44. The molecule has 0 saturated heterocycles. The van der Waals surface area contributed by atoms with E-state index in [1.165, 1.54) is 0 Å². The normalized spacial score (nSPS) is 12.1. The Bertz CT molecular complexity index is 513. The van der Waals surface area contributed by atoms with Crippen molar-refractivity contribution < 1.29 is 4.79 Å². The quantitative estimate of drug-likeness (QED) is 0.883. The van der Waals surface area contributed by atoms with Gasteiger partial charge in [0.1, 0.15) is 4.60 Å². The first-order valence-electron chi connectivity index (χ1n) is 5.13. The lowest BCUT2D eigenvalue weighted by Gasteiger charge is -2.12. The predicted molar refractivity (Wildman–Crippen MR) is 72.1 cm³/mol. The minimum Gasteiger partial charge on any atom is -0.345 e. The lowest BCUT2D eigenvalue weighted by atomic mass is 10.2. The highest BCUT2D eigenvalue weighted by Crippen LogP contribution is 2.19. The molecule has 0 fully saturated rings. The number of hydrogen-bond donors (Lipinski definition) is 1. The van der Waals surface area contributed by atoms with Gasteiger partial charge in [0.05, 0.1) is 11.6 Å². The van der Waals surface area contributed by atoms with Gasteiger partial charge in [0.25, 0.3) is 5.91 Å². The molecule has 0 aliphatic rings. The molecule has 1 atom stereocenters. The third-order valence-electron chi connectivity index (χ3n) is 2.32. The van der Waals surface area contributed by atoms with E-state index >= 15 is 0 Å². The summed E-state index contributed by atoms with van der Waals surface area (Å²) >= 11 is 4.90. The summed E-state index contributed by atoms with van der Waals surface area (Å²) in [7, 11) is 0. The molecule has 2 aromatic rings. The molecule has 2 aromatic heterocycles. The van der Waals surface area contributed by atoms with Crippen LogP contribution in [-0.4, -0.2) is 10.9 Å². The molecule has 0 bridgehead atoms. The van der Waals surface area contributed by atoms with Gasteiger partial charge < -0.3 is 5.32 Å². The number of hydrogen-bond acceptors (Lipinski definition) is 3. The van der Waals surface area contributed by atoms with Crippen molar-refractivity contribution >= 4 is 33.2 Å². The minimum atomic E-state index is -0.120. The second-order valence-electron chi connectivity index (χ2n) is 3.55. The van der Waals surface area contributed by atoms with E-state index in [0.717, 1.165) is 4.88 Å². The van der Waals surface area contributed by atoms with Crippen molar-refractivity contribution in [2.45, 2.75) is 13.0 Å². The van der Waals surface area contributed by atoms with Crippen LogP contribution in [0.1, 0.15) is 28.2 Å². The number of pyridine rings is 1. The molecule has 3 nitrogen and oxygen atoms in total. The third kappa shape index (κ3) is 2.92. The number of nitrogens with one attached hydrogen (secondary N) is 1. The van der Waals surface area contributed by atoms with Gasteiger partial charge in [0.15, 0.2) is 0 Å². The van der Waals surface area contributed by atoms with E-state index in [0.29, 0.717) is 10.2 Å². The molecule has 1 N–H and O–H groups in total. The van der Waals surface area contributed by atoms with Gasteiger partial charge in [-0.25, -0.2) is 4.98 Å². The summed E-state index contributed by atoms with van der Waals surface area (Å²) in [5.41, 5.74) is 0.552. The van der Waals surface area contributed by atoms with Crippen LogP contribution >= 0.6 is 27.3 Å². The zero-order valence-electron chi connectivity index (χ0n) is 9.18. The van der Waals surface area contributed by atoms with Gasteiger partial charge in [-0.2, -0.15) is 0 Å². The first-order chi connectivity index (χ1) is 8.18. The van der Waals surface area contributed by atoms with Gasteiger partial charge in [-0.1, -0.05) is 6.07 Å². The largest absolute Gasteiger partial charge is 0.345 e. The Hall–Kier alpha value is -1.20. The van der Waals surface area contributed by atoms with Crippen molar-refractivity contribution in [3.8, 4) is 0 Å². The summed E-state index contributed by atoms with van der Waals surface area (Å²) in [4.78, 5) is 17.2. The molecule has 0 saturated carbocycles. The van der Waals surface area contributed by atoms with E-state index in [4.69, 9.17) is 0 Å². The molecule has 0 spiro atoms. The number of carbonyl (C=O) groups excluding carboxylic acids is 1. The number of amides is 1. The predicted octanol–water partition coefficient (Wildman–Crippen LogP) is 3.40. The number of nitrogens with zero attached hydrogens (tertiary/aromatic N) is 1. The van der Waals surface area contributed by atoms with Crippen LogP contribution in [0.2, 0.25) is 0 Å². The zero-order chi connectivity index (χ0) is 12.3. The van der Waals surface area contributed by atoms with Crippen LogP contribution in [0.5, 0.6) is 0 Å². The van der Waals surface area contributed by atoms with Crippen molar-refractivity contribution in [3.63, 3.8) is 0 Å². The maximum Gasteiger partial charge on any atom is 0.254 e. The topological polar surface area (TPSA) is 42.0 Å². The molecule has 0 radical (unpaired) electrons. The summed E-state index contributed by atoms with van der Waals surface area (Å²) < 4.78 is 0.566. The fraction of sp³-hybridized carbons (Fsp3) is 0.167. The summed E-state index contributed by atoms with van der Waals surface area (Å²) in [6.45, 7) is 1.97. The van der Waals surface area contributed by atoms with Gasteiger partial charge in [0, 0.05) is 11.1 Å². The standard InChI is InChI=1S/C12H11BrN2OS/c1-8(10-5-3-7-17-10)15-12(16)9-4-2-6-14-11(9)13/h2-8H,1H3,(H,15,16). The van der Waals surface area contributed by atoms with E-state index in [-0.39, 0.29) is 11.9 Å². The van der Waals surface area contributed by atoms with Gasteiger partial charge in [0.2, 0.25) is 0 Å². The smallest absolute Gasteiger partial charge is 0.254 e. The lowest BCUT2D eigenvalue weighted by Crippen LogP contribution is -2.26. The minimum absolute atomic E-state index is 0.00889. The van der Waals surface area contributed by atoms with Crippen LogP contribution < -0.4 is 5.32 Å². The van der Waals surface area contributed by atoms with Crippen molar-refractivity contribution in [2.75, 3.05) is 0 Å². The monoisotopic (exact) mass is 310 g/mol. The Morgan fingerprint density at radius 2 is 2.29 bits per heavy atom. The molecular weight excluding hydrogens is 300 g/mol. The van der Waals surface area contributed by atoms with Crippen LogP contribution in [0.4, 0.5) is 0 Å².